The number of fused-ring (bicyclic) bond motifs is 1. The van der Waals surface area contributed by atoms with Gasteiger partial charge in [0.1, 0.15) is 6.04 Å². The first-order chi connectivity index (χ1) is 14.6. The molecular formula is C21H29ClN6O3. The first-order valence-electron chi connectivity index (χ1n) is 10.6. The van der Waals surface area contributed by atoms with Gasteiger partial charge in [0.25, 0.3) is 0 Å². The third-order valence-electron chi connectivity index (χ3n) is 6.18. The molecule has 1 aromatic carbocycles. The Balaban J connectivity index is 1.44. The average molecular weight is 449 g/mol. The van der Waals surface area contributed by atoms with Crippen LogP contribution in [0.25, 0.3) is 11.0 Å². The summed E-state index contributed by atoms with van der Waals surface area (Å²) < 4.78 is 0. The molecule has 2 saturated heterocycles. The van der Waals surface area contributed by atoms with Crippen LogP contribution in [0.15, 0.2) is 18.2 Å². The highest BCUT2D eigenvalue weighted by atomic mass is 35.5. The number of hydrogen-bond donors (Lipinski definition) is 2. The SMILES string of the molecule is CC(C)(C)N1CCN(C(=O)O)[C@@H](C(=O)N2CCN(c3nc4ccc(Cl)cc4[nH]3)CC2)C1. The van der Waals surface area contributed by atoms with E-state index in [1.165, 1.54) is 4.90 Å². The number of halogens is 1. The van der Waals surface area contributed by atoms with E-state index in [1.807, 2.05) is 18.2 Å². The molecule has 0 aliphatic carbocycles. The molecule has 0 bridgehead atoms. The summed E-state index contributed by atoms with van der Waals surface area (Å²) >= 11 is 6.06. The van der Waals surface area contributed by atoms with Crippen molar-refractivity contribution >= 4 is 40.6 Å². The van der Waals surface area contributed by atoms with Gasteiger partial charge >= 0.3 is 6.09 Å². The Morgan fingerprint density at radius 1 is 1.13 bits per heavy atom. The quantitative estimate of drug-likeness (QED) is 0.732. The van der Waals surface area contributed by atoms with Gasteiger partial charge in [-0.3, -0.25) is 14.6 Å². The Hall–Kier alpha value is -2.52. The lowest BCUT2D eigenvalue weighted by molar-refractivity contribution is -0.139. The maximum absolute atomic E-state index is 13.3. The number of anilines is 1. The molecule has 0 unspecified atom stereocenters. The number of benzene rings is 1. The molecule has 2 aromatic rings. The summed E-state index contributed by atoms with van der Waals surface area (Å²) in [5, 5.41) is 10.3. The normalized spacial score (nSPS) is 21.0. The van der Waals surface area contributed by atoms with E-state index in [4.69, 9.17) is 11.6 Å². The highest BCUT2D eigenvalue weighted by Gasteiger charge is 2.41. The Morgan fingerprint density at radius 3 is 2.48 bits per heavy atom. The number of amides is 2. The van der Waals surface area contributed by atoms with Gasteiger partial charge < -0.3 is 19.9 Å². The second kappa shape index (κ2) is 8.20. The molecule has 1 atom stereocenters. The molecule has 0 radical (unpaired) electrons. The van der Waals surface area contributed by atoms with Gasteiger partial charge in [0.2, 0.25) is 11.9 Å². The maximum atomic E-state index is 13.3. The van der Waals surface area contributed by atoms with E-state index in [1.54, 1.807) is 4.90 Å². The molecule has 1 aromatic heterocycles. The van der Waals surface area contributed by atoms with E-state index < -0.39 is 12.1 Å². The van der Waals surface area contributed by atoms with Crippen molar-refractivity contribution in [1.82, 2.24) is 24.7 Å². The summed E-state index contributed by atoms with van der Waals surface area (Å²) in [5.74, 6) is 0.639. The zero-order valence-electron chi connectivity index (χ0n) is 18.1. The minimum atomic E-state index is -1.04. The number of H-pyrrole nitrogens is 1. The number of nitrogens with one attached hydrogen (secondary N) is 1. The van der Waals surface area contributed by atoms with Gasteiger partial charge in [-0.05, 0) is 39.0 Å². The molecule has 3 heterocycles. The van der Waals surface area contributed by atoms with E-state index in [-0.39, 0.29) is 11.4 Å². The Kier molecular flexibility index (Phi) is 5.74. The van der Waals surface area contributed by atoms with Crippen molar-refractivity contribution in [3.63, 3.8) is 0 Å². The van der Waals surface area contributed by atoms with Crippen molar-refractivity contribution < 1.29 is 14.7 Å². The van der Waals surface area contributed by atoms with E-state index >= 15 is 0 Å². The zero-order chi connectivity index (χ0) is 22.3. The Bertz CT molecular complexity index is 979. The lowest BCUT2D eigenvalue weighted by atomic mass is 10.0. The molecule has 4 rings (SSSR count). The Labute approximate surface area is 186 Å². The molecule has 2 N–H and O–H groups in total. The van der Waals surface area contributed by atoms with Gasteiger partial charge in [-0.25, -0.2) is 9.78 Å². The first kappa shape index (κ1) is 21.7. The highest BCUT2D eigenvalue weighted by molar-refractivity contribution is 6.31. The number of aromatic nitrogens is 2. The van der Waals surface area contributed by atoms with Crippen molar-refractivity contribution in [1.29, 1.82) is 0 Å². The van der Waals surface area contributed by atoms with Crippen LogP contribution in [0, 0.1) is 0 Å². The molecular weight excluding hydrogens is 420 g/mol. The van der Waals surface area contributed by atoms with Crippen molar-refractivity contribution in [2.45, 2.75) is 32.4 Å². The summed E-state index contributed by atoms with van der Waals surface area (Å²) in [6.45, 7) is 9.95. The fraction of sp³-hybridized carbons (Fsp3) is 0.571. The summed E-state index contributed by atoms with van der Waals surface area (Å²) in [4.78, 5) is 40.3. The van der Waals surface area contributed by atoms with E-state index in [9.17, 15) is 14.7 Å². The predicted octanol–water partition coefficient (Wildman–Crippen LogP) is 2.33. The number of carboxylic acid groups (broad SMARTS) is 1. The fourth-order valence-corrected chi connectivity index (χ4v) is 4.47. The van der Waals surface area contributed by atoms with Gasteiger partial charge in [-0.2, -0.15) is 0 Å². The van der Waals surface area contributed by atoms with Crippen molar-refractivity contribution in [3.8, 4) is 0 Å². The van der Waals surface area contributed by atoms with Crippen molar-refractivity contribution in [2.24, 2.45) is 0 Å². The lowest BCUT2D eigenvalue weighted by Gasteiger charge is -2.46. The topological polar surface area (TPSA) is 96.0 Å². The van der Waals surface area contributed by atoms with E-state index in [0.717, 1.165) is 17.0 Å². The van der Waals surface area contributed by atoms with Crippen molar-refractivity contribution in [2.75, 3.05) is 50.7 Å². The molecule has 0 spiro atoms. The second-order valence-corrected chi connectivity index (χ2v) is 9.58. The van der Waals surface area contributed by atoms with Gasteiger partial charge in [-0.15, -0.1) is 0 Å². The third-order valence-corrected chi connectivity index (χ3v) is 6.42. The number of nitrogens with zero attached hydrogens (tertiary/aromatic N) is 5. The molecule has 9 nitrogen and oxygen atoms in total. The lowest BCUT2D eigenvalue weighted by Crippen LogP contribution is -2.65. The minimum Gasteiger partial charge on any atom is -0.465 e. The first-order valence-corrected chi connectivity index (χ1v) is 10.9. The van der Waals surface area contributed by atoms with Crippen molar-refractivity contribution in [3.05, 3.63) is 23.2 Å². The van der Waals surface area contributed by atoms with Crippen LogP contribution in [0.5, 0.6) is 0 Å². The molecule has 31 heavy (non-hydrogen) atoms. The van der Waals surface area contributed by atoms with Gasteiger partial charge in [-0.1, -0.05) is 11.6 Å². The highest BCUT2D eigenvalue weighted by Crippen LogP contribution is 2.24. The van der Waals surface area contributed by atoms with Crippen LogP contribution in [0.2, 0.25) is 5.02 Å². The smallest absolute Gasteiger partial charge is 0.408 e. The van der Waals surface area contributed by atoms with Crippen LogP contribution in [0.4, 0.5) is 10.7 Å². The van der Waals surface area contributed by atoms with Crippen LogP contribution in [0.1, 0.15) is 20.8 Å². The van der Waals surface area contributed by atoms with Gasteiger partial charge in [0.05, 0.1) is 11.0 Å². The monoisotopic (exact) mass is 448 g/mol. The summed E-state index contributed by atoms with van der Waals surface area (Å²) in [7, 11) is 0. The molecule has 2 amide bonds. The number of piperazine rings is 2. The Morgan fingerprint density at radius 2 is 1.84 bits per heavy atom. The largest absolute Gasteiger partial charge is 0.465 e. The van der Waals surface area contributed by atoms with Gasteiger partial charge in [0.15, 0.2) is 0 Å². The molecule has 2 fully saturated rings. The maximum Gasteiger partial charge on any atom is 0.408 e. The van der Waals surface area contributed by atoms with Crippen LogP contribution in [-0.2, 0) is 4.79 Å². The third kappa shape index (κ3) is 4.43. The number of imidazole rings is 1. The average Bonchev–Trinajstić information content (AvgIpc) is 3.15. The molecule has 2 aliphatic rings. The summed E-state index contributed by atoms with van der Waals surface area (Å²) in [6, 6.07) is 4.86. The number of carbonyl (C=O) groups excluding carboxylic acids is 1. The predicted molar refractivity (Wildman–Crippen MR) is 120 cm³/mol. The van der Waals surface area contributed by atoms with E-state index in [0.29, 0.717) is 50.8 Å². The molecule has 0 saturated carbocycles. The number of carbonyl (C=O) groups is 2. The summed E-state index contributed by atoms with van der Waals surface area (Å²) in [5.41, 5.74) is 1.61. The fourth-order valence-electron chi connectivity index (χ4n) is 4.30. The molecule has 2 aliphatic heterocycles. The second-order valence-electron chi connectivity index (χ2n) is 9.14. The number of hydrogen-bond acceptors (Lipinski definition) is 5. The van der Waals surface area contributed by atoms with Crippen LogP contribution < -0.4 is 4.90 Å². The standard InChI is InChI=1S/C21H29ClN6O3/c1-21(2,3)27-10-11-28(20(30)31)17(13-27)18(29)25-6-8-26(9-7-25)19-23-15-5-4-14(22)12-16(15)24-19/h4-5,12,17H,6-11,13H2,1-3H3,(H,23,24)(H,30,31)/t17-/m1/s1. The minimum absolute atomic E-state index is 0.118. The van der Waals surface area contributed by atoms with Crippen LogP contribution in [0.3, 0.4) is 0 Å². The molecule has 10 heteroatoms. The number of rotatable bonds is 2. The van der Waals surface area contributed by atoms with Crippen LogP contribution >= 0.6 is 11.6 Å². The molecule has 168 valence electrons. The zero-order valence-corrected chi connectivity index (χ0v) is 18.9. The number of aromatic amines is 1. The van der Waals surface area contributed by atoms with E-state index in [2.05, 4.69) is 40.5 Å². The van der Waals surface area contributed by atoms with Crippen LogP contribution in [-0.4, -0.2) is 99.2 Å². The summed E-state index contributed by atoms with van der Waals surface area (Å²) in [6.07, 6.45) is -1.04. The van der Waals surface area contributed by atoms with Gasteiger partial charge in [0, 0.05) is 56.4 Å².